The molecule has 2 saturated heterocycles. The molecule has 3 aliphatic rings. The van der Waals surface area contributed by atoms with Crippen molar-refractivity contribution in [1.29, 1.82) is 0 Å². The summed E-state index contributed by atoms with van der Waals surface area (Å²) in [6, 6.07) is 12.2. The van der Waals surface area contributed by atoms with Gasteiger partial charge in [0.05, 0.1) is 5.56 Å². The third-order valence-corrected chi connectivity index (χ3v) is 6.13. The zero-order valence-electron chi connectivity index (χ0n) is 16.2. The molecule has 2 fully saturated rings. The van der Waals surface area contributed by atoms with Gasteiger partial charge < -0.3 is 15.0 Å². The van der Waals surface area contributed by atoms with Crippen LogP contribution in [0.4, 0.5) is 5.69 Å². The molecule has 0 aliphatic carbocycles. The Morgan fingerprint density at radius 2 is 2.00 bits per heavy atom. The fraction of sp³-hybridized carbons (Fsp3) is 0.409. The number of hydrogen-bond donors (Lipinski definition) is 1. The van der Waals surface area contributed by atoms with E-state index in [4.69, 9.17) is 4.74 Å². The molecule has 29 heavy (non-hydrogen) atoms. The Bertz CT molecular complexity index is 933. The minimum Gasteiger partial charge on any atom is -0.466 e. The van der Waals surface area contributed by atoms with E-state index in [1.807, 2.05) is 11.0 Å². The van der Waals surface area contributed by atoms with Crippen molar-refractivity contribution in [3.63, 3.8) is 0 Å². The molecule has 2 atom stereocenters. The zero-order chi connectivity index (χ0) is 19.8. The van der Waals surface area contributed by atoms with Crippen LogP contribution in [-0.4, -0.2) is 59.4 Å². The molecule has 0 bridgehead atoms. The van der Waals surface area contributed by atoms with E-state index in [0.717, 1.165) is 39.1 Å². The van der Waals surface area contributed by atoms with E-state index in [-0.39, 0.29) is 18.4 Å². The number of nitrogens with zero attached hydrogens (tertiary/aromatic N) is 3. The molecular weight excluding hydrogens is 368 g/mol. The van der Waals surface area contributed by atoms with Crippen LogP contribution in [0.1, 0.15) is 22.3 Å². The van der Waals surface area contributed by atoms with Crippen molar-refractivity contribution < 1.29 is 14.3 Å². The van der Waals surface area contributed by atoms with Crippen molar-refractivity contribution >= 4 is 17.5 Å². The Morgan fingerprint density at radius 1 is 1.17 bits per heavy atom. The molecule has 0 spiro atoms. The number of pyridine rings is 1. The maximum absolute atomic E-state index is 13.0. The summed E-state index contributed by atoms with van der Waals surface area (Å²) in [6.45, 7) is 4.59. The third kappa shape index (κ3) is 3.70. The SMILES string of the molecule is O=C1COc2ncc(C(=O)N3C[C@H]4CN(Cc5ccccc5)CC[C@H]4C3)cc2N1. The largest absolute Gasteiger partial charge is 0.466 e. The van der Waals surface area contributed by atoms with Gasteiger partial charge in [-0.2, -0.15) is 0 Å². The van der Waals surface area contributed by atoms with E-state index < -0.39 is 0 Å². The molecule has 7 heteroatoms. The number of rotatable bonds is 3. The molecule has 2 amide bonds. The van der Waals surface area contributed by atoms with Crippen LogP contribution in [-0.2, 0) is 11.3 Å². The number of benzene rings is 1. The summed E-state index contributed by atoms with van der Waals surface area (Å²) < 4.78 is 5.28. The Balaban J connectivity index is 1.24. The van der Waals surface area contributed by atoms with Gasteiger partial charge in [0.15, 0.2) is 6.61 Å². The van der Waals surface area contributed by atoms with E-state index in [2.05, 4.69) is 39.5 Å². The van der Waals surface area contributed by atoms with Crippen LogP contribution >= 0.6 is 0 Å². The lowest BCUT2D eigenvalue weighted by atomic mass is 9.88. The van der Waals surface area contributed by atoms with Gasteiger partial charge in [0.25, 0.3) is 11.8 Å². The number of carbonyl (C=O) groups excluding carboxylic acids is 2. The van der Waals surface area contributed by atoms with Gasteiger partial charge in [0.1, 0.15) is 5.69 Å². The molecule has 0 unspecified atom stereocenters. The maximum Gasteiger partial charge on any atom is 0.262 e. The molecule has 1 aromatic carbocycles. The van der Waals surface area contributed by atoms with Crippen LogP contribution < -0.4 is 10.1 Å². The number of nitrogens with one attached hydrogen (secondary N) is 1. The monoisotopic (exact) mass is 392 g/mol. The first-order chi connectivity index (χ1) is 14.2. The highest BCUT2D eigenvalue weighted by atomic mass is 16.5. The molecule has 0 saturated carbocycles. The summed E-state index contributed by atoms with van der Waals surface area (Å²) >= 11 is 0. The van der Waals surface area contributed by atoms with Crippen molar-refractivity contribution in [3.8, 4) is 5.88 Å². The number of piperidine rings is 1. The Kier molecular flexibility index (Phi) is 4.67. The minimum absolute atomic E-state index is 0.0240. The highest BCUT2D eigenvalue weighted by Crippen LogP contribution is 2.33. The maximum atomic E-state index is 13.0. The average molecular weight is 392 g/mol. The molecule has 150 valence electrons. The molecule has 5 rings (SSSR count). The molecule has 0 radical (unpaired) electrons. The molecule has 1 aromatic heterocycles. The van der Waals surface area contributed by atoms with Gasteiger partial charge in [-0.15, -0.1) is 0 Å². The van der Waals surface area contributed by atoms with E-state index in [1.54, 1.807) is 12.3 Å². The predicted octanol–water partition coefficient (Wildman–Crippen LogP) is 2.01. The van der Waals surface area contributed by atoms with Crippen LogP contribution in [0.2, 0.25) is 0 Å². The predicted molar refractivity (Wildman–Crippen MR) is 108 cm³/mol. The average Bonchev–Trinajstić information content (AvgIpc) is 3.17. The number of ether oxygens (including phenoxy) is 1. The van der Waals surface area contributed by atoms with Gasteiger partial charge >= 0.3 is 0 Å². The Hall–Kier alpha value is -2.93. The van der Waals surface area contributed by atoms with E-state index >= 15 is 0 Å². The van der Waals surface area contributed by atoms with Gasteiger partial charge in [0.2, 0.25) is 5.88 Å². The molecular formula is C22H24N4O3. The summed E-state index contributed by atoms with van der Waals surface area (Å²) in [5.41, 5.74) is 2.30. The summed E-state index contributed by atoms with van der Waals surface area (Å²) in [7, 11) is 0. The molecule has 3 aliphatic heterocycles. The molecule has 4 heterocycles. The number of amides is 2. The van der Waals surface area contributed by atoms with Gasteiger partial charge in [-0.05, 0) is 36.4 Å². The third-order valence-electron chi connectivity index (χ3n) is 6.13. The van der Waals surface area contributed by atoms with Crippen LogP contribution in [0.15, 0.2) is 42.6 Å². The van der Waals surface area contributed by atoms with Crippen LogP contribution in [0.5, 0.6) is 5.88 Å². The smallest absolute Gasteiger partial charge is 0.262 e. The van der Waals surface area contributed by atoms with Crippen molar-refractivity contribution in [2.45, 2.75) is 13.0 Å². The van der Waals surface area contributed by atoms with Crippen molar-refractivity contribution in [3.05, 3.63) is 53.7 Å². The number of carbonyl (C=O) groups is 2. The first kappa shape index (κ1) is 18.1. The summed E-state index contributed by atoms with van der Waals surface area (Å²) in [6.07, 6.45) is 2.66. The Morgan fingerprint density at radius 3 is 2.86 bits per heavy atom. The van der Waals surface area contributed by atoms with Crippen molar-refractivity contribution in [2.75, 3.05) is 38.1 Å². The molecule has 2 aromatic rings. The minimum atomic E-state index is -0.227. The summed E-state index contributed by atoms with van der Waals surface area (Å²) in [5, 5.41) is 2.72. The van der Waals surface area contributed by atoms with Crippen LogP contribution in [0.3, 0.4) is 0 Å². The summed E-state index contributed by atoms with van der Waals surface area (Å²) in [4.78, 5) is 33.2. The number of likely N-dealkylation sites (tertiary alicyclic amines) is 2. The first-order valence-electron chi connectivity index (χ1n) is 10.1. The number of anilines is 1. The van der Waals surface area contributed by atoms with Crippen molar-refractivity contribution in [2.24, 2.45) is 11.8 Å². The normalized spacial score (nSPS) is 23.7. The van der Waals surface area contributed by atoms with Gasteiger partial charge in [0, 0.05) is 32.4 Å². The van der Waals surface area contributed by atoms with E-state index in [0.29, 0.717) is 29.0 Å². The van der Waals surface area contributed by atoms with Crippen molar-refractivity contribution in [1.82, 2.24) is 14.8 Å². The Labute approximate surface area is 169 Å². The van der Waals surface area contributed by atoms with Gasteiger partial charge in [-0.3, -0.25) is 14.5 Å². The lowest BCUT2D eigenvalue weighted by Crippen LogP contribution is -2.39. The highest BCUT2D eigenvalue weighted by Gasteiger charge is 2.39. The van der Waals surface area contributed by atoms with Crippen LogP contribution in [0, 0.1) is 11.8 Å². The number of aromatic nitrogens is 1. The standard InChI is InChI=1S/C22H24N4O3/c27-20-14-29-21-19(24-20)8-17(9-23-21)22(28)26-12-16-6-7-25(11-18(16)13-26)10-15-4-2-1-3-5-15/h1-5,8-9,16,18H,6-7,10-14H2,(H,24,27)/t16-,18+/m0/s1. The fourth-order valence-corrected chi connectivity index (χ4v) is 4.67. The van der Waals surface area contributed by atoms with Crippen LogP contribution in [0.25, 0.3) is 0 Å². The fourth-order valence-electron chi connectivity index (χ4n) is 4.67. The summed E-state index contributed by atoms with van der Waals surface area (Å²) in [5.74, 6) is 1.18. The van der Waals surface area contributed by atoms with Gasteiger partial charge in [-0.1, -0.05) is 30.3 Å². The highest BCUT2D eigenvalue weighted by molar-refractivity contribution is 5.99. The second-order valence-electron chi connectivity index (χ2n) is 8.15. The lowest BCUT2D eigenvalue weighted by Gasteiger charge is -2.34. The number of fused-ring (bicyclic) bond motifs is 2. The topological polar surface area (TPSA) is 74.8 Å². The lowest BCUT2D eigenvalue weighted by molar-refractivity contribution is -0.118. The first-order valence-corrected chi connectivity index (χ1v) is 10.1. The second kappa shape index (κ2) is 7.48. The van der Waals surface area contributed by atoms with E-state index in [1.165, 1.54) is 5.56 Å². The zero-order valence-corrected chi connectivity index (χ0v) is 16.2. The second-order valence-corrected chi connectivity index (χ2v) is 8.15. The quantitative estimate of drug-likeness (QED) is 0.865. The molecule has 1 N–H and O–H groups in total. The van der Waals surface area contributed by atoms with E-state index in [9.17, 15) is 9.59 Å². The molecule has 7 nitrogen and oxygen atoms in total. The number of hydrogen-bond acceptors (Lipinski definition) is 5. The van der Waals surface area contributed by atoms with Gasteiger partial charge in [-0.25, -0.2) is 4.98 Å².